The highest BCUT2D eigenvalue weighted by atomic mass is 32.2. The Hall–Kier alpha value is -1.12. The first-order valence-electron chi connectivity index (χ1n) is 5.21. The minimum atomic E-state index is -4.56. The molecule has 0 aliphatic heterocycles. The Labute approximate surface area is 106 Å². The fraction of sp³-hybridized carbons (Fsp3) is 0.400. The average molecular weight is 294 g/mol. The van der Waals surface area contributed by atoms with Crippen molar-refractivity contribution in [2.24, 2.45) is 0 Å². The molecule has 0 saturated heterocycles. The zero-order chi connectivity index (χ0) is 14.0. The molecule has 102 valence electrons. The van der Waals surface area contributed by atoms with Crippen LogP contribution >= 0.6 is 0 Å². The fourth-order valence-corrected chi connectivity index (χ4v) is 3.40. The molecule has 0 saturated carbocycles. The standard InChI is InChI=1S/C10H14O6S2/c1-2-3-6-17(12,13)8-4-5-10(9(11)7-8)18(14,15)16/h4-5,7,11H,2-3,6H2,1H3,(H,14,15,16). The van der Waals surface area contributed by atoms with Crippen LogP contribution in [0, 0.1) is 0 Å². The normalized spacial score (nSPS) is 12.6. The number of hydrogen-bond donors (Lipinski definition) is 2. The molecule has 1 rings (SSSR count). The minimum Gasteiger partial charge on any atom is -0.506 e. The van der Waals surface area contributed by atoms with Crippen LogP contribution in [0.25, 0.3) is 0 Å². The second kappa shape index (κ2) is 5.25. The number of unbranched alkanes of at least 4 members (excludes halogenated alkanes) is 1. The van der Waals surface area contributed by atoms with Gasteiger partial charge in [0.25, 0.3) is 10.1 Å². The molecule has 0 aromatic heterocycles. The number of sulfone groups is 1. The van der Waals surface area contributed by atoms with Gasteiger partial charge in [0.05, 0.1) is 10.6 Å². The molecule has 0 amide bonds. The maximum atomic E-state index is 11.8. The monoisotopic (exact) mass is 294 g/mol. The molecular weight excluding hydrogens is 280 g/mol. The molecule has 0 atom stereocenters. The first-order chi connectivity index (χ1) is 8.18. The van der Waals surface area contributed by atoms with Crippen molar-refractivity contribution >= 4 is 20.0 Å². The van der Waals surface area contributed by atoms with E-state index in [1.54, 1.807) is 0 Å². The summed E-state index contributed by atoms with van der Waals surface area (Å²) in [5, 5.41) is 9.41. The Morgan fingerprint density at radius 1 is 1.17 bits per heavy atom. The van der Waals surface area contributed by atoms with Gasteiger partial charge in [-0.1, -0.05) is 13.3 Å². The van der Waals surface area contributed by atoms with Crippen molar-refractivity contribution in [2.75, 3.05) is 5.75 Å². The average Bonchev–Trinajstić information content (AvgIpc) is 2.24. The summed E-state index contributed by atoms with van der Waals surface area (Å²) >= 11 is 0. The van der Waals surface area contributed by atoms with E-state index in [0.717, 1.165) is 18.2 Å². The molecule has 0 fully saturated rings. The van der Waals surface area contributed by atoms with Gasteiger partial charge in [-0.2, -0.15) is 8.42 Å². The molecule has 2 N–H and O–H groups in total. The molecule has 0 aliphatic rings. The molecule has 0 bridgehead atoms. The van der Waals surface area contributed by atoms with Crippen molar-refractivity contribution in [2.45, 2.75) is 29.6 Å². The lowest BCUT2D eigenvalue weighted by molar-refractivity contribution is 0.441. The second-order valence-corrected chi connectivity index (χ2v) is 7.28. The molecule has 0 aliphatic carbocycles. The van der Waals surface area contributed by atoms with E-state index in [-0.39, 0.29) is 10.6 Å². The zero-order valence-electron chi connectivity index (χ0n) is 9.70. The molecule has 18 heavy (non-hydrogen) atoms. The van der Waals surface area contributed by atoms with Gasteiger partial charge in [-0.3, -0.25) is 4.55 Å². The third-order valence-electron chi connectivity index (χ3n) is 2.33. The summed E-state index contributed by atoms with van der Waals surface area (Å²) in [5.41, 5.74) is 0. The highest BCUT2D eigenvalue weighted by Crippen LogP contribution is 2.26. The summed E-state index contributed by atoms with van der Waals surface area (Å²) in [6.07, 6.45) is 1.18. The molecular formula is C10H14O6S2. The van der Waals surface area contributed by atoms with Crippen molar-refractivity contribution in [3.8, 4) is 5.75 Å². The van der Waals surface area contributed by atoms with Crippen LogP contribution in [0.4, 0.5) is 0 Å². The summed E-state index contributed by atoms with van der Waals surface area (Å²) in [4.78, 5) is -0.877. The van der Waals surface area contributed by atoms with E-state index in [0.29, 0.717) is 12.8 Å². The number of phenolic OH excluding ortho intramolecular Hbond substituents is 1. The number of rotatable bonds is 5. The Balaban J connectivity index is 3.20. The molecule has 1 aromatic carbocycles. The molecule has 0 radical (unpaired) electrons. The number of phenols is 1. The van der Waals surface area contributed by atoms with Gasteiger partial charge in [-0.25, -0.2) is 8.42 Å². The van der Waals surface area contributed by atoms with Crippen LogP contribution in [0.5, 0.6) is 5.75 Å². The van der Waals surface area contributed by atoms with Gasteiger partial charge in [-0.15, -0.1) is 0 Å². The topological polar surface area (TPSA) is 109 Å². The number of hydrogen-bond acceptors (Lipinski definition) is 5. The Morgan fingerprint density at radius 2 is 1.78 bits per heavy atom. The Kier molecular flexibility index (Phi) is 4.36. The maximum Gasteiger partial charge on any atom is 0.298 e. The van der Waals surface area contributed by atoms with Crippen LogP contribution in [-0.4, -0.2) is 32.2 Å². The predicted octanol–water partition coefficient (Wildman–Crippen LogP) is 1.21. The Bertz CT molecular complexity index is 630. The first-order valence-corrected chi connectivity index (χ1v) is 8.31. The van der Waals surface area contributed by atoms with Gasteiger partial charge in [0.15, 0.2) is 9.84 Å². The molecule has 0 heterocycles. The molecule has 0 unspecified atom stereocenters. The van der Waals surface area contributed by atoms with Crippen LogP contribution in [0.15, 0.2) is 28.0 Å². The lowest BCUT2D eigenvalue weighted by Crippen LogP contribution is -2.07. The third-order valence-corrected chi connectivity index (χ3v) is 5.03. The van der Waals surface area contributed by atoms with Gasteiger partial charge in [0.1, 0.15) is 10.6 Å². The minimum absolute atomic E-state index is 0.0752. The first kappa shape index (κ1) is 14.9. The predicted molar refractivity (Wildman–Crippen MR) is 64.9 cm³/mol. The van der Waals surface area contributed by atoms with E-state index in [1.807, 2.05) is 6.92 Å². The smallest absolute Gasteiger partial charge is 0.298 e. The van der Waals surface area contributed by atoms with Crippen molar-refractivity contribution in [1.82, 2.24) is 0 Å². The van der Waals surface area contributed by atoms with E-state index in [2.05, 4.69) is 0 Å². The second-order valence-electron chi connectivity index (χ2n) is 3.78. The van der Waals surface area contributed by atoms with Crippen LogP contribution < -0.4 is 0 Å². The van der Waals surface area contributed by atoms with Crippen LogP contribution in [0.1, 0.15) is 19.8 Å². The van der Waals surface area contributed by atoms with E-state index >= 15 is 0 Å². The van der Waals surface area contributed by atoms with Crippen LogP contribution in [0.3, 0.4) is 0 Å². The van der Waals surface area contributed by atoms with Crippen molar-refractivity contribution < 1.29 is 26.5 Å². The molecule has 1 aromatic rings. The van der Waals surface area contributed by atoms with Crippen LogP contribution in [-0.2, 0) is 20.0 Å². The highest BCUT2D eigenvalue weighted by molar-refractivity contribution is 7.91. The number of benzene rings is 1. The van der Waals surface area contributed by atoms with Gasteiger partial charge >= 0.3 is 0 Å². The van der Waals surface area contributed by atoms with Gasteiger partial charge in [0, 0.05) is 0 Å². The van der Waals surface area contributed by atoms with Gasteiger partial charge in [0.2, 0.25) is 0 Å². The van der Waals surface area contributed by atoms with Gasteiger partial charge < -0.3 is 5.11 Å². The summed E-state index contributed by atoms with van der Waals surface area (Å²) in [7, 11) is -8.10. The number of aromatic hydroxyl groups is 1. The summed E-state index contributed by atoms with van der Waals surface area (Å²) < 4.78 is 54.0. The van der Waals surface area contributed by atoms with Crippen molar-refractivity contribution in [1.29, 1.82) is 0 Å². The maximum absolute atomic E-state index is 11.8. The van der Waals surface area contributed by atoms with Crippen molar-refractivity contribution in [3.05, 3.63) is 18.2 Å². The van der Waals surface area contributed by atoms with E-state index in [9.17, 15) is 21.9 Å². The summed E-state index contributed by atoms with van der Waals surface area (Å²) in [5.74, 6) is -0.858. The lowest BCUT2D eigenvalue weighted by Gasteiger charge is -2.06. The fourth-order valence-electron chi connectivity index (χ4n) is 1.36. The molecule has 0 spiro atoms. The molecule has 6 nitrogen and oxygen atoms in total. The van der Waals surface area contributed by atoms with E-state index < -0.39 is 30.6 Å². The largest absolute Gasteiger partial charge is 0.506 e. The van der Waals surface area contributed by atoms with Crippen LogP contribution in [0.2, 0.25) is 0 Å². The van der Waals surface area contributed by atoms with Crippen molar-refractivity contribution in [3.63, 3.8) is 0 Å². The SMILES string of the molecule is CCCCS(=O)(=O)c1ccc(S(=O)(=O)O)c(O)c1. The Morgan fingerprint density at radius 3 is 2.22 bits per heavy atom. The van der Waals surface area contributed by atoms with E-state index in [4.69, 9.17) is 4.55 Å². The highest BCUT2D eigenvalue weighted by Gasteiger charge is 2.20. The quantitative estimate of drug-likeness (QED) is 0.790. The zero-order valence-corrected chi connectivity index (χ0v) is 11.3. The summed E-state index contributed by atoms with van der Waals surface area (Å²) in [6, 6.07) is 2.74. The lowest BCUT2D eigenvalue weighted by atomic mass is 10.3. The summed E-state index contributed by atoms with van der Waals surface area (Å²) in [6.45, 7) is 1.84. The van der Waals surface area contributed by atoms with E-state index in [1.165, 1.54) is 0 Å². The van der Waals surface area contributed by atoms with Gasteiger partial charge in [-0.05, 0) is 24.6 Å². The molecule has 8 heteroatoms. The third kappa shape index (κ3) is 3.44.